The largest absolute Gasteiger partial charge is 0.370 e. The SMILES string of the molecule is CCNc1nc(SC)ncc1C=CC#N. The minimum absolute atomic E-state index is 0.722. The summed E-state index contributed by atoms with van der Waals surface area (Å²) >= 11 is 1.49. The molecule has 0 aromatic carbocycles. The topological polar surface area (TPSA) is 61.6 Å². The van der Waals surface area contributed by atoms with Crippen LogP contribution >= 0.6 is 11.8 Å². The molecule has 15 heavy (non-hydrogen) atoms. The first kappa shape index (κ1) is 11.5. The van der Waals surface area contributed by atoms with Crippen molar-refractivity contribution in [3.8, 4) is 6.07 Å². The summed E-state index contributed by atoms with van der Waals surface area (Å²) in [5, 5.41) is 12.3. The monoisotopic (exact) mass is 220 g/mol. The van der Waals surface area contributed by atoms with Gasteiger partial charge in [-0.3, -0.25) is 0 Å². The normalized spacial score (nSPS) is 10.2. The Morgan fingerprint density at radius 3 is 3.07 bits per heavy atom. The summed E-state index contributed by atoms with van der Waals surface area (Å²) in [6.45, 7) is 2.79. The molecule has 0 saturated carbocycles. The molecule has 78 valence electrons. The van der Waals surface area contributed by atoms with E-state index in [1.165, 1.54) is 17.8 Å². The molecule has 0 bridgehead atoms. The van der Waals surface area contributed by atoms with Crippen molar-refractivity contribution in [3.63, 3.8) is 0 Å². The van der Waals surface area contributed by atoms with E-state index in [0.29, 0.717) is 0 Å². The van der Waals surface area contributed by atoms with E-state index in [2.05, 4.69) is 15.3 Å². The third-order valence-corrected chi connectivity index (χ3v) is 2.22. The van der Waals surface area contributed by atoms with Crippen LogP contribution in [0, 0.1) is 11.3 Å². The zero-order valence-electron chi connectivity index (χ0n) is 8.69. The second-order valence-electron chi connectivity index (χ2n) is 2.65. The number of aromatic nitrogens is 2. The second kappa shape index (κ2) is 6.04. The molecule has 0 atom stereocenters. The zero-order chi connectivity index (χ0) is 11.1. The Hall–Kier alpha value is -1.54. The lowest BCUT2D eigenvalue weighted by Crippen LogP contribution is -2.03. The number of nitriles is 1. The molecule has 0 unspecified atom stereocenters. The van der Waals surface area contributed by atoms with E-state index in [0.717, 1.165) is 23.1 Å². The first-order chi connectivity index (χ1) is 7.31. The van der Waals surface area contributed by atoms with Gasteiger partial charge in [0.05, 0.1) is 6.07 Å². The third-order valence-electron chi connectivity index (χ3n) is 1.66. The van der Waals surface area contributed by atoms with Crippen LogP contribution in [0.25, 0.3) is 6.08 Å². The van der Waals surface area contributed by atoms with Crippen LogP contribution in [0.1, 0.15) is 12.5 Å². The fraction of sp³-hybridized carbons (Fsp3) is 0.300. The second-order valence-corrected chi connectivity index (χ2v) is 3.43. The van der Waals surface area contributed by atoms with Crippen LogP contribution in [0.15, 0.2) is 17.4 Å². The Morgan fingerprint density at radius 2 is 2.47 bits per heavy atom. The lowest BCUT2D eigenvalue weighted by Gasteiger charge is -2.06. The number of hydrogen-bond donors (Lipinski definition) is 1. The standard InChI is InChI=1S/C10H12N4S/c1-3-12-9-8(5-4-6-11)7-13-10(14-9)15-2/h4-5,7H,3H2,1-2H3,(H,12,13,14). The first-order valence-corrected chi connectivity index (χ1v) is 5.75. The van der Waals surface area contributed by atoms with E-state index in [1.807, 2.05) is 19.2 Å². The van der Waals surface area contributed by atoms with Crippen LogP contribution in [0.5, 0.6) is 0 Å². The number of nitrogens with one attached hydrogen (secondary N) is 1. The molecule has 0 aliphatic heterocycles. The van der Waals surface area contributed by atoms with Crippen molar-refractivity contribution in [2.24, 2.45) is 0 Å². The molecule has 1 heterocycles. The van der Waals surface area contributed by atoms with Gasteiger partial charge in [0.2, 0.25) is 0 Å². The maximum absolute atomic E-state index is 8.45. The first-order valence-electron chi connectivity index (χ1n) is 4.53. The molecule has 0 amide bonds. The highest BCUT2D eigenvalue weighted by atomic mass is 32.2. The summed E-state index contributed by atoms with van der Waals surface area (Å²) in [5.74, 6) is 0.767. The highest BCUT2D eigenvalue weighted by Gasteiger charge is 2.02. The van der Waals surface area contributed by atoms with Gasteiger partial charge in [0, 0.05) is 24.4 Å². The molecule has 4 nitrogen and oxygen atoms in total. The van der Waals surface area contributed by atoms with Gasteiger partial charge in [0.15, 0.2) is 5.16 Å². The summed E-state index contributed by atoms with van der Waals surface area (Å²) in [5.41, 5.74) is 0.830. The molecular formula is C10H12N4S. The lowest BCUT2D eigenvalue weighted by molar-refractivity contribution is 0.958. The van der Waals surface area contributed by atoms with E-state index in [1.54, 1.807) is 12.3 Å². The smallest absolute Gasteiger partial charge is 0.189 e. The number of nitrogens with zero attached hydrogens (tertiary/aromatic N) is 3. The molecule has 0 spiro atoms. The lowest BCUT2D eigenvalue weighted by atomic mass is 10.3. The highest BCUT2D eigenvalue weighted by molar-refractivity contribution is 7.98. The number of thioether (sulfide) groups is 1. The summed E-state index contributed by atoms with van der Waals surface area (Å²) < 4.78 is 0. The molecule has 0 radical (unpaired) electrons. The fourth-order valence-electron chi connectivity index (χ4n) is 1.03. The minimum Gasteiger partial charge on any atom is -0.370 e. The minimum atomic E-state index is 0.722. The molecule has 1 aromatic rings. The summed E-state index contributed by atoms with van der Waals surface area (Å²) in [6, 6.07) is 1.95. The maximum atomic E-state index is 8.45. The van der Waals surface area contributed by atoms with Crippen LogP contribution in [-0.2, 0) is 0 Å². The average Bonchev–Trinajstić information content (AvgIpc) is 2.27. The van der Waals surface area contributed by atoms with Crippen LogP contribution in [0.4, 0.5) is 5.82 Å². The maximum Gasteiger partial charge on any atom is 0.189 e. The molecule has 1 rings (SSSR count). The van der Waals surface area contributed by atoms with Gasteiger partial charge in [0.25, 0.3) is 0 Å². The summed E-state index contributed by atoms with van der Waals surface area (Å²) in [4.78, 5) is 8.46. The van der Waals surface area contributed by atoms with Crippen molar-refractivity contribution in [1.29, 1.82) is 5.26 Å². The fourth-order valence-corrected chi connectivity index (χ4v) is 1.37. The summed E-state index contributed by atoms with van der Waals surface area (Å²) in [6.07, 6.45) is 6.75. The van der Waals surface area contributed by atoms with Gasteiger partial charge in [0.1, 0.15) is 5.82 Å². The predicted molar refractivity (Wildman–Crippen MR) is 62.6 cm³/mol. The van der Waals surface area contributed by atoms with Gasteiger partial charge in [-0.1, -0.05) is 11.8 Å². The molecule has 0 saturated heterocycles. The van der Waals surface area contributed by atoms with Crippen molar-refractivity contribution < 1.29 is 0 Å². The Bertz CT molecular complexity index is 395. The Morgan fingerprint density at radius 1 is 1.67 bits per heavy atom. The Balaban J connectivity index is 3.04. The number of hydrogen-bond acceptors (Lipinski definition) is 5. The van der Waals surface area contributed by atoms with Crippen LogP contribution in [0.3, 0.4) is 0 Å². The molecular weight excluding hydrogens is 208 g/mol. The van der Waals surface area contributed by atoms with Gasteiger partial charge < -0.3 is 5.32 Å². The van der Waals surface area contributed by atoms with E-state index < -0.39 is 0 Å². The van der Waals surface area contributed by atoms with Crippen molar-refractivity contribution in [2.75, 3.05) is 18.1 Å². The van der Waals surface area contributed by atoms with E-state index in [4.69, 9.17) is 5.26 Å². The zero-order valence-corrected chi connectivity index (χ0v) is 9.51. The Labute approximate surface area is 93.4 Å². The van der Waals surface area contributed by atoms with Crippen LogP contribution in [-0.4, -0.2) is 22.8 Å². The summed E-state index contributed by atoms with van der Waals surface area (Å²) in [7, 11) is 0. The van der Waals surface area contributed by atoms with Crippen molar-refractivity contribution in [3.05, 3.63) is 17.8 Å². The van der Waals surface area contributed by atoms with E-state index in [-0.39, 0.29) is 0 Å². The van der Waals surface area contributed by atoms with Gasteiger partial charge in [-0.05, 0) is 19.3 Å². The quantitative estimate of drug-likeness (QED) is 0.478. The highest BCUT2D eigenvalue weighted by Crippen LogP contribution is 2.17. The average molecular weight is 220 g/mol. The molecule has 1 N–H and O–H groups in total. The van der Waals surface area contributed by atoms with E-state index >= 15 is 0 Å². The number of allylic oxidation sites excluding steroid dienone is 1. The molecule has 5 heteroatoms. The van der Waals surface area contributed by atoms with Crippen LogP contribution < -0.4 is 5.32 Å². The van der Waals surface area contributed by atoms with Gasteiger partial charge in [-0.25, -0.2) is 9.97 Å². The number of anilines is 1. The number of rotatable bonds is 4. The van der Waals surface area contributed by atoms with Crippen molar-refractivity contribution >= 4 is 23.7 Å². The van der Waals surface area contributed by atoms with Gasteiger partial charge in [-0.2, -0.15) is 5.26 Å². The van der Waals surface area contributed by atoms with Crippen molar-refractivity contribution in [1.82, 2.24) is 9.97 Å². The van der Waals surface area contributed by atoms with Gasteiger partial charge >= 0.3 is 0 Å². The Kier molecular flexibility index (Phi) is 4.64. The van der Waals surface area contributed by atoms with Crippen LogP contribution in [0.2, 0.25) is 0 Å². The molecule has 1 aromatic heterocycles. The van der Waals surface area contributed by atoms with Gasteiger partial charge in [-0.15, -0.1) is 0 Å². The molecule has 0 aliphatic rings. The third kappa shape index (κ3) is 3.26. The molecule has 0 fully saturated rings. The van der Waals surface area contributed by atoms with Crippen molar-refractivity contribution in [2.45, 2.75) is 12.1 Å². The molecule has 0 aliphatic carbocycles. The van der Waals surface area contributed by atoms with E-state index in [9.17, 15) is 0 Å². The predicted octanol–water partition coefficient (Wildman–Crippen LogP) is 2.17.